The standard InChI is InChI=1S/C36H33NO2/c1-35(2,3)23-14-18-30(29(19-23)36(4,5)6)37-34(39)28-17-16-27-25-12-8-10-21-9-7-11-24(31(21)25)26-15-13-22(20-38)32(28)33(26)27/h7-20H,1-6H3,(H,37,39). The van der Waals surface area contributed by atoms with Crippen molar-refractivity contribution in [3.8, 4) is 0 Å². The van der Waals surface area contributed by atoms with Crippen LogP contribution < -0.4 is 5.32 Å². The molecule has 3 heteroatoms. The molecule has 0 fully saturated rings. The number of nitrogens with one attached hydrogen (secondary N) is 1. The third-order valence-corrected chi connectivity index (χ3v) is 7.99. The summed E-state index contributed by atoms with van der Waals surface area (Å²) in [5.74, 6) is -0.215. The van der Waals surface area contributed by atoms with Crippen molar-refractivity contribution < 1.29 is 9.59 Å². The summed E-state index contributed by atoms with van der Waals surface area (Å²) in [6.45, 7) is 13.1. The molecular formula is C36H33NO2. The van der Waals surface area contributed by atoms with Crippen LogP contribution in [0.2, 0.25) is 0 Å². The number of aldehydes is 1. The average Bonchev–Trinajstić information content (AvgIpc) is 2.90. The molecule has 0 saturated carbocycles. The highest BCUT2D eigenvalue weighted by Gasteiger charge is 2.25. The average molecular weight is 512 g/mol. The minimum Gasteiger partial charge on any atom is -0.322 e. The molecular weight excluding hydrogens is 478 g/mol. The van der Waals surface area contributed by atoms with Crippen LogP contribution in [0.5, 0.6) is 0 Å². The number of rotatable bonds is 3. The van der Waals surface area contributed by atoms with Crippen LogP contribution in [0.1, 0.15) is 73.4 Å². The van der Waals surface area contributed by atoms with Gasteiger partial charge in [0.25, 0.3) is 5.91 Å². The number of anilines is 1. The highest BCUT2D eigenvalue weighted by Crippen LogP contribution is 2.42. The summed E-state index contributed by atoms with van der Waals surface area (Å²) in [6, 6.07) is 26.7. The van der Waals surface area contributed by atoms with Crippen molar-refractivity contribution in [3.05, 3.63) is 101 Å². The molecule has 0 heterocycles. The largest absolute Gasteiger partial charge is 0.322 e. The first-order valence-corrected chi connectivity index (χ1v) is 13.5. The van der Waals surface area contributed by atoms with Gasteiger partial charge >= 0.3 is 0 Å². The first-order valence-electron chi connectivity index (χ1n) is 13.5. The quantitative estimate of drug-likeness (QED) is 0.146. The Kier molecular flexibility index (Phi) is 5.55. The van der Waals surface area contributed by atoms with Gasteiger partial charge in [-0.15, -0.1) is 0 Å². The van der Waals surface area contributed by atoms with Gasteiger partial charge in [0.05, 0.1) is 0 Å². The van der Waals surface area contributed by atoms with E-state index in [9.17, 15) is 9.59 Å². The van der Waals surface area contributed by atoms with Crippen LogP contribution in [0.3, 0.4) is 0 Å². The lowest BCUT2D eigenvalue weighted by molar-refractivity contribution is 0.102. The Balaban J connectivity index is 1.59. The van der Waals surface area contributed by atoms with E-state index in [1.54, 1.807) is 0 Å². The molecule has 6 aromatic rings. The molecule has 0 radical (unpaired) electrons. The summed E-state index contributed by atoms with van der Waals surface area (Å²) in [4.78, 5) is 26.3. The Bertz CT molecular complexity index is 1880. The van der Waals surface area contributed by atoms with Gasteiger partial charge in [-0.05, 0) is 71.8 Å². The minimum atomic E-state index is -0.215. The third kappa shape index (κ3) is 3.96. The van der Waals surface area contributed by atoms with Crippen molar-refractivity contribution in [2.75, 3.05) is 5.32 Å². The minimum absolute atomic E-state index is 0.00323. The van der Waals surface area contributed by atoms with Gasteiger partial charge in [-0.2, -0.15) is 0 Å². The molecule has 1 N–H and O–H groups in total. The van der Waals surface area contributed by atoms with E-state index in [4.69, 9.17) is 0 Å². The van der Waals surface area contributed by atoms with Crippen LogP contribution in [-0.4, -0.2) is 12.2 Å². The number of hydrogen-bond donors (Lipinski definition) is 1. The topological polar surface area (TPSA) is 46.2 Å². The number of hydrogen-bond acceptors (Lipinski definition) is 2. The van der Waals surface area contributed by atoms with Crippen molar-refractivity contribution in [2.45, 2.75) is 52.4 Å². The molecule has 0 aliphatic heterocycles. The second-order valence-electron chi connectivity index (χ2n) is 12.7. The van der Waals surface area contributed by atoms with Gasteiger partial charge < -0.3 is 5.32 Å². The number of amides is 1. The number of fused-ring (bicyclic) bond motifs is 2. The first kappa shape index (κ1) is 25.1. The lowest BCUT2D eigenvalue weighted by atomic mass is 9.80. The second-order valence-corrected chi connectivity index (χ2v) is 12.7. The molecule has 0 unspecified atom stereocenters. The fourth-order valence-electron chi connectivity index (χ4n) is 5.98. The molecule has 0 aliphatic rings. The molecule has 0 bridgehead atoms. The molecule has 39 heavy (non-hydrogen) atoms. The highest BCUT2D eigenvalue weighted by molar-refractivity contribution is 6.36. The molecule has 194 valence electrons. The Morgan fingerprint density at radius 2 is 1.28 bits per heavy atom. The molecule has 0 aliphatic carbocycles. The van der Waals surface area contributed by atoms with E-state index in [-0.39, 0.29) is 16.7 Å². The smallest absolute Gasteiger partial charge is 0.256 e. The predicted molar refractivity (Wildman–Crippen MR) is 165 cm³/mol. The SMILES string of the molecule is CC(C)(C)c1ccc(NC(=O)c2ccc3c4cccc5cccc(c6ccc(C=O)c2c63)c54)c(C(C)(C)C)c1. The Morgan fingerprint density at radius 3 is 1.87 bits per heavy atom. The van der Waals surface area contributed by atoms with Crippen LogP contribution in [0.25, 0.3) is 43.1 Å². The van der Waals surface area contributed by atoms with Gasteiger partial charge in [-0.1, -0.05) is 108 Å². The van der Waals surface area contributed by atoms with Gasteiger partial charge in [0, 0.05) is 22.2 Å². The highest BCUT2D eigenvalue weighted by atomic mass is 16.1. The third-order valence-electron chi connectivity index (χ3n) is 7.99. The van der Waals surface area contributed by atoms with Crippen molar-refractivity contribution in [1.82, 2.24) is 0 Å². The summed E-state index contributed by atoms with van der Waals surface area (Å²) in [7, 11) is 0. The maximum Gasteiger partial charge on any atom is 0.256 e. The maximum absolute atomic E-state index is 14.0. The monoisotopic (exact) mass is 511 g/mol. The molecule has 6 aromatic carbocycles. The first-order chi connectivity index (χ1) is 18.5. The van der Waals surface area contributed by atoms with E-state index in [1.807, 2.05) is 30.3 Å². The molecule has 0 atom stereocenters. The Morgan fingerprint density at radius 1 is 0.667 bits per heavy atom. The Hall–Kier alpha value is -4.24. The van der Waals surface area contributed by atoms with E-state index in [0.717, 1.165) is 44.5 Å². The van der Waals surface area contributed by atoms with E-state index in [2.05, 4.69) is 95.4 Å². The molecule has 0 aromatic heterocycles. The van der Waals surface area contributed by atoms with Gasteiger partial charge in [-0.25, -0.2) is 0 Å². The number of carbonyl (C=O) groups excluding carboxylic acids is 2. The molecule has 3 nitrogen and oxygen atoms in total. The van der Waals surface area contributed by atoms with E-state index < -0.39 is 0 Å². The van der Waals surface area contributed by atoms with E-state index >= 15 is 0 Å². The van der Waals surface area contributed by atoms with Crippen molar-refractivity contribution in [3.63, 3.8) is 0 Å². The van der Waals surface area contributed by atoms with Crippen LogP contribution in [0, 0.1) is 0 Å². The zero-order valence-corrected chi connectivity index (χ0v) is 23.4. The normalized spacial score (nSPS) is 12.6. The maximum atomic E-state index is 14.0. The van der Waals surface area contributed by atoms with E-state index in [0.29, 0.717) is 16.5 Å². The zero-order valence-electron chi connectivity index (χ0n) is 23.4. The summed E-state index contributed by atoms with van der Waals surface area (Å²) in [5, 5.41) is 11.6. The molecule has 0 saturated heterocycles. The summed E-state index contributed by atoms with van der Waals surface area (Å²) >= 11 is 0. The summed E-state index contributed by atoms with van der Waals surface area (Å²) < 4.78 is 0. The van der Waals surface area contributed by atoms with Crippen molar-refractivity contribution in [2.24, 2.45) is 0 Å². The van der Waals surface area contributed by atoms with Crippen molar-refractivity contribution >= 4 is 61.0 Å². The zero-order chi connectivity index (χ0) is 27.7. The summed E-state index contributed by atoms with van der Waals surface area (Å²) in [6.07, 6.45) is 0.861. The van der Waals surface area contributed by atoms with Crippen LogP contribution >= 0.6 is 0 Å². The van der Waals surface area contributed by atoms with Crippen LogP contribution in [0.15, 0.2) is 78.9 Å². The van der Waals surface area contributed by atoms with Crippen molar-refractivity contribution in [1.29, 1.82) is 0 Å². The van der Waals surface area contributed by atoms with Crippen LogP contribution in [-0.2, 0) is 10.8 Å². The van der Waals surface area contributed by atoms with Crippen LogP contribution in [0.4, 0.5) is 5.69 Å². The van der Waals surface area contributed by atoms with Gasteiger partial charge in [0.1, 0.15) is 0 Å². The number of benzene rings is 6. The molecule has 0 spiro atoms. The Labute approximate surface area is 229 Å². The van der Waals surface area contributed by atoms with Gasteiger partial charge in [-0.3, -0.25) is 9.59 Å². The lowest BCUT2D eigenvalue weighted by Gasteiger charge is -2.27. The molecule has 1 amide bonds. The van der Waals surface area contributed by atoms with E-state index in [1.165, 1.54) is 16.3 Å². The second kappa shape index (κ2) is 8.64. The predicted octanol–water partition coefficient (Wildman–Crippen LogP) is 9.40. The number of carbonyl (C=O) groups is 2. The van der Waals surface area contributed by atoms with Gasteiger partial charge in [0.2, 0.25) is 0 Å². The van der Waals surface area contributed by atoms with Gasteiger partial charge in [0.15, 0.2) is 6.29 Å². The summed E-state index contributed by atoms with van der Waals surface area (Å²) in [5.41, 5.74) is 3.96. The lowest BCUT2D eigenvalue weighted by Crippen LogP contribution is -2.21. The molecule has 6 rings (SSSR count). The fraction of sp³-hybridized carbons (Fsp3) is 0.222. The fourth-order valence-corrected chi connectivity index (χ4v) is 5.98.